The molecule has 0 bridgehead atoms. The minimum atomic E-state index is -0.931. The van der Waals surface area contributed by atoms with Gasteiger partial charge in [-0.1, -0.05) is 0 Å². The van der Waals surface area contributed by atoms with Crippen molar-refractivity contribution in [3.05, 3.63) is 17.7 Å². The van der Waals surface area contributed by atoms with Gasteiger partial charge in [0.25, 0.3) is 0 Å². The van der Waals surface area contributed by atoms with E-state index in [9.17, 15) is 4.79 Å². The van der Waals surface area contributed by atoms with E-state index in [1.807, 2.05) is 6.92 Å². The number of aryl methyl sites for hydroxylation is 1. The molecule has 0 atom stereocenters. The molecule has 19 heavy (non-hydrogen) atoms. The molecule has 0 unspecified atom stereocenters. The Morgan fingerprint density at radius 3 is 2.11 bits per heavy atom. The van der Waals surface area contributed by atoms with Crippen molar-refractivity contribution in [1.29, 1.82) is 0 Å². The predicted molar refractivity (Wildman–Crippen MR) is 78.4 cm³/mol. The van der Waals surface area contributed by atoms with E-state index in [1.54, 1.807) is 40.2 Å². The van der Waals surface area contributed by atoms with Crippen molar-refractivity contribution in [2.24, 2.45) is 5.73 Å². The van der Waals surface area contributed by atoms with Crippen molar-refractivity contribution >= 4 is 24.0 Å². The summed E-state index contributed by atoms with van der Waals surface area (Å²) in [5.41, 5.74) is 6.35. The Balaban J connectivity index is 0.00000324. The fourth-order valence-electron chi connectivity index (χ4n) is 1.40. The van der Waals surface area contributed by atoms with E-state index < -0.39 is 5.54 Å². The third-order valence-corrected chi connectivity index (χ3v) is 2.56. The lowest BCUT2D eigenvalue weighted by atomic mass is 10.1. The molecule has 3 N–H and O–H groups in total. The first-order valence-electron chi connectivity index (χ1n) is 5.62. The van der Waals surface area contributed by atoms with E-state index in [2.05, 4.69) is 5.32 Å². The van der Waals surface area contributed by atoms with Gasteiger partial charge in [0.2, 0.25) is 5.91 Å². The van der Waals surface area contributed by atoms with Crippen LogP contribution in [0.2, 0.25) is 0 Å². The molecule has 0 radical (unpaired) electrons. The zero-order valence-corrected chi connectivity index (χ0v) is 12.7. The zero-order valence-electron chi connectivity index (χ0n) is 11.9. The van der Waals surface area contributed by atoms with Gasteiger partial charge in [-0.15, -0.1) is 12.4 Å². The largest absolute Gasteiger partial charge is 0.493 e. The molecule has 1 aromatic rings. The quantitative estimate of drug-likeness (QED) is 0.890. The van der Waals surface area contributed by atoms with E-state index in [4.69, 9.17) is 15.2 Å². The van der Waals surface area contributed by atoms with Gasteiger partial charge in [-0.2, -0.15) is 0 Å². The molecular formula is C13H21ClN2O3. The monoisotopic (exact) mass is 288 g/mol. The number of nitrogens with one attached hydrogen (secondary N) is 1. The van der Waals surface area contributed by atoms with E-state index in [1.165, 1.54) is 0 Å². The van der Waals surface area contributed by atoms with Gasteiger partial charge in [-0.05, 0) is 32.4 Å². The second-order valence-corrected chi connectivity index (χ2v) is 4.70. The van der Waals surface area contributed by atoms with Gasteiger partial charge >= 0.3 is 0 Å². The van der Waals surface area contributed by atoms with Crippen molar-refractivity contribution in [3.63, 3.8) is 0 Å². The molecule has 1 amide bonds. The molecule has 0 aliphatic heterocycles. The highest BCUT2D eigenvalue weighted by atomic mass is 35.5. The summed E-state index contributed by atoms with van der Waals surface area (Å²) < 4.78 is 10.4. The first kappa shape index (κ1) is 17.5. The van der Waals surface area contributed by atoms with Crippen LogP contribution in [0.25, 0.3) is 0 Å². The first-order valence-corrected chi connectivity index (χ1v) is 5.62. The molecule has 0 aromatic heterocycles. The van der Waals surface area contributed by atoms with Crippen LogP contribution in [0.5, 0.6) is 11.5 Å². The van der Waals surface area contributed by atoms with Crippen molar-refractivity contribution in [2.75, 3.05) is 19.5 Å². The SMILES string of the molecule is COc1cc(C)c(NC(=O)C(C)(C)N)cc1OC.Cl. The number of halogens is 1. The second kappa shape index (κ2) is 6.63. The Morgan fingerprint density at radius 2 is 1.68 bits per heavy atom. The number of rotatable bonds is 4. The number of hydrogen-bond acceptors (Lipinski definition) is 4. The number of ether oxygens (including phenoxy) is 2. The maximum atomic E-state index is 11.8. The molecule has 0 saturated heterocycles. The average Bonchev–Trinajstić information content (AvgIpc) is 2.29. The van der Waals surface area contributed by atoms with Gasteiger partial charge in [0.05, 0.1) is 19.8 Å². The van der Waals surface area contributed by atoms with Gasteiger partial charge in [-0.3, -0.25) is 4.79 Å². The van der Waals surface area contributed by atoms with Crippen LogP contribution in [0.4, 0.5) is 5.69 Å². The van der Waals surface area contributed by atoms with E-state index in [0.717, 1.165) is 5.56 Å². The smallest absolute Gasteiger partial charge is 0.243 e. The number of carbonyl (C=O) groups is 1. The Bertz CT molecular complexity index is 456. The summed E-state index contributed by atoms with van der Waals surface area (Å²) in [6.45, 7) is 5.18. The maximum Gasteiger partial charge on any atom is 0.243 e. The van der Waals surface area contributed by atoms with Crippen LogP contribution in [0.1, 0.15) is 19.4 Å². The van der Waals surface area contributed by atoms with Crippen LogP contribution < -0.4 is 20.5 Å². The van der Waals surface area contributed by atoms with Gasteiger partial charge in [-0.25, -0.2) is 0 Å². The Labute approximate surface area is 119 Å². The molecule has 0 saturated carbocycles. The molecule has 0 aliphatic carbocycles. The second-order valence-electron chi connectivity index (χ2n) is 4.70. The topological polar surface area (TPSA) is 73.6 Å². The molecule has 0 heterocycles. The van der Waals surface area contributed by atoms with E-state index in [0.29, 0.717) is 17.2 Å². The Morgan fingerprint density at radius 1 is 1.21 bits per heavy atom. The van der Waals surface area contributed by atoms with E-state index in [-0.39, 0.29) is 18.3 Å². The highest BCUT2D eigenvalue weighted by Crippen LogP contribution is 2.33. The summed E-state index contributed by atoms with van der Waals surface area (Å²) in [6, 6.07) is 3.52. The lowest BCUT2D eigenvalue weighted by Crippen LogP contribution is -2.45. The normalized spacial score (nSPS) is 10.4. The maximum absolute atomic E-state index is 11.8. The molecule has 0 spiro atoms. The third-order valence-electron chi connectivity index (χ3n) is 2.56. The number of anilines is 1. The third kappa shape index (κ3) is 4.29. The number of amides is 1. The summed E-state index contributed by atoms with van der Waals surface area (Å²) in [7, 11) is 3.12. The van der Waals surface area contributed by atoms with Gasteiger partial charge in [0, 0.05) is 11.8 Å². The molecule has 0 fully saturated rings. The number of carbonyl (C=O) groups excluding carboxylic acids is 1. The minimum Gasteiger partial charge on any atom is -0.493 e. The van der Waals surface area contributed by atoms with Crippen LogP contribution in [0, 0.1) is 6.92 Å². The molecule has 1 rings (SSSR count). The van der Waals surface area contributed by atoms with Crippen LogP contribution in [0.15, 0.2) is 12.1 Å². The van der Waals surface area contributed by atoms with Gasteiger partial charge in [0.1, 0.15) is 0 Å². The Hall–Kier alpha value is -1.46. The minimum absolute atomic E-state index is 0. The summed E-state index contributed by atoms with van der Waals surface area (Å²) >= 11 is 0. The highest BCUT2D eigenvalue weighted by molar-refractivity contribution is 5.98. The molecule has 0 aliphatic rings. The number of nitrogens with two attached hydrogens (primary N) is 1. The van der Waals surface area contributed by atoms with Crippen LogP contribution in [-0.4, -0.2) is 25.7 Å². The summed E-state index contributed by atoms with van der Waals surface area (Å²) in [4.78, 5) is 11.8. The summed E-state index contributed by atoms with van der Waals surface area (Å²) in [5, 5.41) is 2.78. The van der Waals surface area contributed by atoms with Crippen LogP contribution >= 0.6 is 12.4 Å². The fraction of sp³-hybridized carbons (Fsp3) is 0.462. The lowest BCUT2D eigenvalue weighted by molar-refractivity contribution is -0.120. The van der Waals surface area contributed by atoms with Crippen molar-refractivity contribution in [1.82, 2.24) is 0 Å². The number of benzene rings is 1. The van der Waals surface area contributed by atoms with Crippen LogP contribution in [-0.2, 0) is 4.79 Å². The summed E-state index contributed by atoms with van der Waals surface area (Å²) in [6.07, 6.45) is 0. The van der Waals surface area contributed by atoms with Crippen LogP contribution in [0.3, 0.4) is 0 Å². The van der Waals surface area contributed by atoms with Crippen molar-refractivity contribution in [3.8, 4) is 11.5 Å². The molecular weight excluding hydrogens is 268 g/mol. The highest BCUT2D eigenvalue weighted by Gasteiger charge is 2.22. The molecule has 108 valence electrons. The van der Waals surface area contributed by atoms with Gasteiger partial charge in [0.15, 0.2) is 11.5 Å². The first-order chi connectivity index (χ1) is 8.29. The lowest BCUT2D eigenvalue weighted by Gasteiger charge is -2.20. The van der Waals surface area contributed by atoms with E-state index >= 15 is 0 Å². The van der Waals surface area contributed by atoms with Crippen molar-refractivity contribution in [2.45, 2.75) is 26.3 Å². The predicted octanol–water partition coefficient (Wildman–Crippen LogP) is 2.11. The standard InChI is InChI=1S/C13H20N2O3.ClH/c1-8-6-10(17-4)11(18-5)7-9(8)15-12(16)13(2,3)14;/h6-7H,14H2,1-5H3,(H,15,16);1H. The average molecular weight is 289 g/mol. The fourth-order valence-corrected chi connectivity index (χ4v) is 1.40. The molecule has 1 aromatic carbocycles. The Kier molecular flexibility index (Phi) is 6.12. The summed E-state index contributed by atoms with van der Waals surface area (Å²) in [5.74, 6) is 0.936. The van der Waals surface area contributed by atoms with Gasteiger partial charge < -0.3 is 20.5 Å². The zero-order chi connectivity index (χ0) is 13.9. The number of hydrogen-bond donors (Lipinski definition) is 2. The van der Waals surface area contributed by atoms with Crippen molar-refractivity contribution < 1.29 is 14.3 Å². The molecule has 6 heteroatoms. The number of methoxy groups -OCH3 is 2. The molecule has 5 nitrogen and oxygen atoms in total.